The number of H-pyrrole nitrogens is 1. The van der Waals surface area contributed by atoms with Crippen molar-refractivity contribution >= 4 is 32.4 Å². The molecule has 14 heavy (non-hydrogen) atoms. The van der Waals surface area contributed by atoms with Gasteiger partial charge < -0.3 is 0 Å². The predicted molar refractivity (Wildman–Crippen MR) is 54.9 cm³/mol. The van der Waals surface area contributed by atoms with E-state index in [2.05, 4.69) is 20.9 Å². The fraction of sp³-hybridized carbons (Fsp3) is 0. The summed E-state index contributed by atoms with van der Waals surface area (Å²) in [6, 6.07) is 4.97. The second-order valence-corrected chi connectivity index (χ2v) is 3.65. The summed E-state index contributed by atoms with van der Waals surface area (Å²) in [6.07, 6.45) is 3.36. The van der Waals surface area contributed by atoms with E-state index in [9.17, 15) is 10.1 Å². The van der Waals surface area contributed by atoms with E-state index in [-0.39, 0.29) is 10.6 Å². The van der Waals surface area contributed by atoms with Crippen LogP contribution in [0, 0.1) is 10.1 Å². The third kappa shape index (κ3) is 1.35. The molecule has 0 radical (unpaired) electrons. The summed E-state index contributed by atoms with van der Waals surface area (Å²) >= 11 is 3.34. The van der Waals surface area contributed by atoms with Gasteiger partial charge in [-0.05, 0) is 6.07 Å². The molecule has 4 nitrogen and oxygen atoms in total. The Morgan fingerprint density at radius 2 is 2.07 bits per heavy atom. The van der Waals surface area contributed by atoms with Gasteiger partial charge in [-0.2, -0.15) is 0 Å². The van der Waals surface area contributed by atoms with Crippen molar-refractivity contribution in [1.29, 1.82) is 0 Å². The number of halogens is 1. The Hall–Kier alpha value is -1.49. The normalized spacial score (nSPS) is 10.4. The molecule has 0 atom stereocenters. The molecule has 0 unspecified atom stereocenters. The lowest BCUT2D eigenvalue weighted by Gasteiger charge is -1.97. The molecule has 0 aliphatic carbocycles. The van der Waals surface area contributed by atoms with Crippen LogP contribution in [-0.2, 0) is 0 Å². The molecule has 2 aromatic rings. The highest BCUT2D eigenvalue weighted by Crippen LogP contribution is 2.29. The van der Waals surface area contributed by atoms with Gasteiger partial charge in [0.1, 0.15) is 5.39 Å². The molecule has 1 aromatic heterocycles. The van der Waals surface area contributed by atoms with E-state index >= 15 is 0 Å². The van der Waals surface area contributed by atoms with Crippen LogP contribution in [0.2, 0.25) is 0 Å². The second kappa shape index (κ2) is 3.34. The second-order valence-electron chi connectivity index (χ2n) is 2.80. The van der Waals surface area contributed by atoms with Gasteiger partial charge in [0.15, 0.2) is 12.4 Å². The Labute approximate surface area is 87.9 Å². The smallest absolute Gasteiger partial charge is 0.258 e. The number of benzene rings is 1. The van der Waals surface area contributed by atoms with Crippen molar-refractivity contribution in [1.82, 2.24) is 0 Å². The van der Waals surface area contributed by atoms with Crippen molar-refractivity contribution in [3.8, 4) is 0 Å². The molecule has 0 aliphatic rings. The minimum atomic E-state index is -0.386. The summed E-state index contributed by atoms with van der Waals surface area (Å²) in [5.41, 5.74) is 0.111. The molecule has 1 heterocycles. The number of pyridine rings is 1. The van der Waals surface area contributed by atoms with Crippen LogP contribution in [0.25, 0.3) is 10.8 Å². The van der Waals surface area contributed by atoms with Gasteiger partial charge in [-0.25, -0.2) is 4.98 Å². The molecular formula is C9H6BrN2O2+. The number of nitrogens with one attached hydrogen (secondary N) is 1. The maximum absolute atomic E-state index is 10.7. The fourth-order valence-corrected chi connectivity index (χ4v) is 1.82. The van der Waals surface area contributed by atoms with Crippen molar-refractivity contribution in [3.05, 3.63) is 45.2 Å². The van der Waals surface area contributed by atoms with Crippen LogP contribution in [0.3, 0.4) is 0 Å². The first-order chi connectivity index (χ1) is 6.70. The number of nitro benzene ring substituents is 1. The number of aromatic amines is 1. The highest BCUT2D eigenvalue weighted by atomic mass is 79.9. The monoisotopic (exact) mass is 253 g/mol. The van der Waals surface area contributed by atoms with Crippen LogP contribution in [0.5, 0.6) is 0 Å². The first kappa shape index (κ1) is 9.08. The molecular weight excluding hydrogens is 248 g/mol. The first-order valence-electron chi connectivity index (χ1n) is 3.93. The highest BCUT2D eigenvalue weighted by Gasteiger charge is 2.14. The van der Waals surface area contributed by atoms with Crippen molar-refractivity contribution < 1.29 is 9.91 Å². The third-order valence-corrected chi connectivity index (χ3v) is 2.67. The van der Waals surface area contributed by atoms with Gasteiger partial charge in [0.05, 0.1) is 4.92 Å². The summed E-state index contributed by atoms with van der Waals surface area (Å²) in [7, 11) is 0. The summed E-state index contributed by atoms with van der Waals surface area (Å²) in [5, 5.41) is 12.1. The molecule has 0 amide bonds. The van der Waals surface area contributed by atoms with E-state index in [1.807, 2.05) is 0 Å². The summed E-state index contributed by atoms with van der Waals surface area (Å²) in [5.74, 6) is 0. The SMILES string of the molecule is O=[N+]([O-])c1ccc(Br)c2cc[nH+]cc12. The van der Waals surface area contributed by atoms with Crippen molar-refractivity contribution in [2.24, 2.45) is 0 Å². The first-order valence-corrected chi connectivity index (χ1v) is 4.72. The van der Waals surface area contributed by atoms with Crippen LogP contribution in [0.15, 0.2) is 35.1 Å². The Morgan fingerprint density at radius 3 is 2.79 bits per heavy atom. The number of nitrogens with zero attached hydrogens (tertiary/aromatic N) is 1. The number of non-ortho nitro benzene ring substituents is 1. The third-order valence-electron chi connectivity index (χ3n) is 1.98. The molecule has 70 valence electrons. The fourth-order valence-electron chi connectivity index (χ4n) is 1.34. The molecule has 0 saturated carbocycles. The standard InChI is InChI=1S/C9H5BrN2O2/c10-8-1-2-9(12(13)14)7-5-11-4-3-6(7)8/h1-5H/p+1. The van der Waals surface area contributed by atoms with Gasteiger partial charge in [0, 0.05) is 22.0 Å². The maximum atomic E-state index is 10.7. The van der Waals surface area contributed by atoms with Crippen LogP contribution in [0.1, 0.15) is 0 Å². The summed E-state index contributed by atoms with van der Waals surface area (Å²) < 4.78 is 0.854. The minimum Gasteiger partial charge on any atom is -0.258 e. The van der Waals surface area contributed by atoms with Crippen molar-refractivity contribution in [2.45, 2.75) is 0 Å². The lowest BCUT2D eigenvalue weighted by atomic mass is 10.1. The zero-order chi connectivity index (χ0) is 10.1. The Morgan fingerprint density at radius 1 is 1.29 bits per heavy atom. The van der Waals surface area contributed by atoms with Crippen LogP contribution in [-0.4, -0.2) is 4.92 Å². The molecule has 2 rings (SSSR count). The van der Waals surface area contributed by atoms with E-state index in [0.717, 1.165) is 9.86 Å². The maximum Gasteiger partial charge on any atom is 0.283 e. The van der Waals surface area contributed by atoms with E-state index in [4.69, 9.17) is 0 Å². The van der Waals surface area contributed by atoms with Gasteiger partial charge in [-0.3, -0.25) is 10.1 Å². The molecule has 5 heteroatoms. The Bertz CT molecular complexity index is 513. The molecule has 0 aliphatic heterocycles. The number of hydrogen-bond donors (Lipinski definition) is 0. The van der Waals surface area contributed by atoms with E-state index in [0.29, 0.717) is 5.39 Å². The molecule has 1 N–H and O–H groups in total. The van der Waals surface area contributed by atoms with E-state index in [1.165, 1.54) is 6.07 Å². The number of hydrogen-bond acceptors (Lipinski definition) is 2. The van der Waals surface area contributed by atoms with Gasteiger partial charge in [-0.15, -0.1) is 0 Å². The minimum absolute atomic E-state index is 0.111. The number of rotatable bonds is 1. The quantitative estimate of drug-likeness (QED) is 0.579. The van der Waals surface area contributed by atoms with Crippen LogP contribution >= 0.6 is 15.9 Å². The summed E-state index contributed by atoms with van der Waals surface area (Å²) in [6.45, 7) is 0. The van der Waals surface area contributed by atoms with E-state index in [1.54, 1.807) is 24.5 Å². The Balaban J connectivity index is 2.88. The van der Waals surface area contributed by atoms with Gasteiger partial charge >= 0.3 is 0 Å². The molecule has 0 bridgehead atoms. The topological polar surface area (TPSA) is 57.3 Å². The number of nitro groups is 1. The average Bonchev–Trinajstić information content (AvgIpc) is 2.18. The zero-order valence-electron chi connectivity index (χ0n) is 7.03. The summed E-state index contributed by atoms with van der Waals surface area (Å²) in [4.78, 5) is 13.1. The predicted octanol–water partition coefficient (Wildman–Crippen LogP) is 2.32. The number of fused-ring (bicyclic) bond motifs is 1. The lowest BCUT2D eigenvalue weighted by Crippen LogP contribution is -2.00. The van der Waals surface area contributed by atoms with Crippen LogP contribution < -0.4 is 4.98 Å². The van der Waals surface area contributed by atoms with Gasteiger partial charge in [0.2, 0.25) is 0 Å². The number of aromatic nitrogens is 1. The molecule has 0 spiro atoms. The molecule has 1 aromatic carbocycles. The van der Waals surface area contributed by atoms with Crippen LogP contribution in [0.4, 0.5) is 5.69 Å². The largest absolute Gasteiger partial charge is 0.283 e. The molecule has 0 fully saturated rings. The van der Waals surface area contributed by atoms with Gasteiger partial charge in [-0.1, -0.05) is 15.9 Å². The lowest BCUT2D eigenvalue weighted by molar-refractivity contribution is -0.387. The average molecular weight is 254 g/mol. The molecule has 0 saturated heterocycles. The van der Waals surface area contributed by atoms with Gasteiger partial charge in [0.25, 0.3) is 5.69 Å². The van der Waals surface area contributed by atoms with E-state index < -0.39 is 0 Å². The highest BCUT2D eigenvalue weighted by molar-refractivity contribution is 9.10. The zero-order valence-corrected chi connectivity index (χ0v) is 8.61. The van der Waals surface area contributed by atoms with Crippen molar-refractivity contribution in [3.63, 3.8) is 0 Å². The Kier molecular flexibility index (Phi) is 2.17. The van der Waals surface area contributed by atoms with Crippen molar-refractivity contribution in [2.75, 3.05) is 0 Å².